The number of amides is 2. The van der Waals surface area contributed by atoms with Gasteiger partial charge in [-0.25, -0.2) is 4.90 Å². The molecule has 0 saturated heterocycles. The Morgan fingerprint density at radius 2 is 1.55 bits per heavy atom. The molecule has 3 aromatic rings. The molecule has 1 aliphatic heterocycles. The summed E-state index contributed by atoms with van der Waals surface area (Å²) in [6, 6.07) is 17.8. The van der Waals surface area contributed by atoms with Crippen LogP contribution in [-0.4, -0.2) is 11.8 Å². The maximum atomic E-state index is 13.5. The Hall–Kier alpha value is -3.08. The van der Waals surface area contributed by atoms with E-state index in [9.17, 15) is 9.59 Å². The van der Waals surface area contributed by atoms with E-state index < -0.39 is 5.91 Å². The van der Waals surface area contributed by atoms with Crippen molar-refractivity contribution in [2.75, 3.05) is 10.2 Å². The van der Waals surface area contributed by atoms with Crippen LogP contribution in [0.5, 0.6) is 0 Å². The summed E-state index contributed by atoms with van der Waals surface area (Å²) < 4.78 is 0. The molecule has 0 aliphatic carbocycles. The quantitative estimate of drug-likeness (QED) is 0.473. The predicted octanol–water partition coefficient (Wildman–Crippen LogP) is 6.32. The topological polar surface area (TPSA) is 49.4 Å². The van der Waals surface area contributed by atoms with Gasteiger partial charge in [0.25, 0.3) is 11.8 Å². The molecule has 1 heterocycles. The molecule has 0 fully saturated rings. The summed E-state index contributed by atoms with van der Waals surface area (Å²) in [7, 11) is 0. The van der Waals surface area contributed by atoms with Crippen LogP contribution in [0.3, 0.4) is 0 Å². The highest BCUT2D eigenvalue weighted by Crippen LogP contribution is 2.36. The Morgan fingerprint density at radius 1 is 0.839 bits per heavy atom. The van der Waals surface area contributed by atoms with Gasteiger partial charge in [-0.3, -0.25) is 9.59 Å². The average Bonchev–Trinajstić information content (AvgIpc) is 2.96. The molecule has 0 atom stereocenters. The van der Waals surface area contributed by atoms with Crippen LogP contribution in [-0.2, 0) is 9.59 Å². The second-order valence-electron chi connectivity index (χ2n) is 7.53. The molecule has 3 aromatic carbocycles. The molecule has 0 unspecified atom stereocenters. The van der Waals surface area contributed by atoms with Gasteiger partial charge in [-0.15, -0.1) is 0 Å². The molecule has 0 spiro atoms. The first-order valence-electron chi connectivity index (χ1n) is 9.76. The fourth-order valence-electron chi connectivity index (χ4n) is 3.69. The lowest BCUT2D eigenvalue weighted by Gasteiger charge is -2.16. The number of nitrogens with zero attached hydrogens (tertiary/aromatic N) is 1. The normalized spacial score (nSPS) is 13.9. The largest absolute Gasteiger partial charge is 0.350 e. The molecular formula is C25H20Cl2N2O2. The Kier molecular flexibility index (Phi) is 5.61. The van der Waals surface area contributed by atoms with Gasteiger partial charge in [-0.05, 0) is 73.9 Å². The van der Waals surface area contributed by atoms with Gasteiger partial charge < -0.3 is 5.32 Å². The van der Waals surface area contributed by atoms with Crippen LogP contribution >= 0.6 is 23.2 Å². The Morgan fingerprint density at radius 3 is 2.23 bits per heavy atom. The predicted molar refractivity (Wildman–Crippen MR) is 127 cm³/mol. The van der Waals surface area contributed by atoms with Crippen molar-refractivity contribution in [2.45, 2.75) is 20.8 Å². The monoisotopic (exact) mass is 450 g/mol. The number of carbonyl (C=O) groups excluding carboxylic acids is 2. The summed E-state index contributed by atoms with van der Waals surface area (Å²) in [6.45, 7) is 5.78. The van der Waals surface area contributed by atoms with Crippen molar-refractivity contribution in [1.29, 1.82) is 0 Å². The lowest BCUT2D eigenvalue weighted by Crippen LogP contribution is -2.32. The second kappa shape index (κ2) is 8.22. The van der Waals surface area contributed by atoms with Gasteiger partial charge in [0.05, 0.1) is 11.3 Å². The van der Waals surface area contributed by atoms with Crippen LogP contribution in [0.4, 0.5) is 11.4 Å². The van der Waals surface area contributed by atoms with Crippen LogP contribution in [0.25, 0.3) is 5.57 Å². The summed E-state index contributed by atoms with van der Waals surface area (Å²) in [5, 5.41) is 4.29. The standard InChI is InChI=1S/C25H20Cl2N2O2/c1-14-7-12-19(15(2)13-14)22-23(28-21-6-4-5-20(27)16(21)3)25(31)29(24(22)30)18-10-8-17(26)9-11-18/h4-13,28H,1-3H3. The molecule has 4 nitrogen and oxygen atoms in total. The van der Waals surface area contributed by atoms with Crippen LogP contribution in [0, 0.1) is 20.8 Å². The number of benzene rings is 3. The average molecular weight is 451 g/mol. The fraction of sp³-hybridized carbons (Fsp3) is 0.120. The summed E-state index contributed by atoms with van der Waals surface area (Å²) >= 11 is 12.3. The van der Waals surface area contributed by atoms with Crippen molar-refractivity contribution < 1.29 is 9.59 Å². The molecule has 0 saturated carbocycles. The van der Waals surface area contributed by atoms with Crippen molar-refractivity contribution in [3.63, 3.8) is 0 Å². The molecule has 4 rings (SSSR count). The Balaban J connectivity index is 1.88. The van der Waals surface area contributed by atoms with Gasteiger partial charge in [0.2, 0.25) is 0 Å². The number of anilines is 2. The van der Waals surface area contributed by atoms with Crippen LogP contribution < -0.4 is 10.2 Å². The minimum atomic E-state index is -0.429. The van der Waals surface area contributed by atoms with Crippen molar-refractivity contribution in [3.05, 3.63) is 98.7 Å². The van der Waals surface area contributed by atoms with E-state index in [1.165, 1.54) is 4.90 Å². The summed E-state index contributed by atoms with van der Waals surface area (Å²) in [5.41, 5.74) is 5.17. The SMILES string of the molecule is Cc1ccc(C2=C(Nc3cccc(Cl)c3C)C(=O)N(c3ccc(Cl)cc3)C2=O)c(C)c1. The van der Waals surface area contributed by atoms with Gasteiger partial charge in [0, 0.05) is 15.7 Å². The van der Waals surface area contributed by atoms with E-state index in [1.54, 1.807) is 36.4 Å². The lowest BCUT2D eigenvalue weighted by molar-refractivity contribution is -0.120. The Labute approximate surface area is 191 Å². The van der Waals surface area contributed by atoms with Gasteiger partial charge >= 0.3 is 0 Å². The zero-order valence-electron chi connectivity index (χ0n) is 17.3. The van der Waals surface area contributed by atoms with E-state index in [-0.39, 0.29) is 11.6 Å². The van der Waals surface area contributed by atoms with Gasteiger partial charge in [0.1, 0.15) is 5.70 Å². The molecule has 156 valence electrons. The van der Waals surface area contributed by atoms with E-state index in [1.807, 2.05) is 45.0 Å². The molecule has 1 N–H and O–H groups in total. The summed E-state index contributed by atoms with van der Waals surface area (Å²) in [6.07, 6.45) is 0. The molecule has 2 amide bonds. The van der Waals surface area contributed by atoms with Crippen LogP contribution in [0.2, 0.25) is 10.0 Å². The number of halogens is 2. The van der Waals surface area contributed by atoms with E-state index in [2.05, 4.69) is 5.32 Å². The lowest BCUT2D eigenvalue weighted by atomic mass is 9.97. The van der Waals surface area contributed by atoms with Gasteiger partial charge in [0.15, 0.2) is 0 Å². The maximum absolute atomic E-state index is 13.5. The minimum Gasteiger partial charge on any atom is -0.350 e. The zero-order chi connectivity index (χ0) is 22.3. The third kappa shape index (κ3) is 3.85. The van der Waals surface area contributed by atoms with Crippen molar-refractivity contribution in [2.24, 2.45) is 0 Å². The molecule has 0 aromatic heterocycles. The molecule has 0 bridgehead atoms. The number of rotatable bonds is 4. The minimum absolute atomic E-state index is 0.220. The molecule has 31 heavy (non-hydrogen) atoms. The Bertz CT molecular complexity index is 1250. The van der Waals surface area contributed by atoms with Crippen molar-refractivity contribution in [1.82, 2.24) is 0 Å². The second-order valence-corrected chi connectivity index (χ2v) is 8.37. The highest BCUT2D eigenvalue weighted by Gasteiger charge is 2.40. The number of hydrogen-bond acceptors (Lipinski definition) is 3. The first kappa shape index (κ1) is 21.2. The molecule has 6 heteroatoms. The zero-order valence-corrected chi connectivity index (χ0v) is 18.8. The van der Waals surface area contributed by atoms with Crippen molar-refractivity contribution >= 4 is 52.0 Å². The van der Waals surface area contributed by atoms with E-state index in [4.69, 9.17) is 23.2 Å². The summed E-state index contributed by atoms with van der Waals surface area (Å²) in [4.78, 5) is 28.2. The third-order valence-corrected chi connectivity index (χ3v) is 6.01. The van der Waals surface area contributed by atoms with Crippen LogP contribution in [0.15, 0.2) is 66.4 Å². The van der Waals surface area contributed by atoms with Crippen molar-refractivity contribution in [3.8, 4) is 0 Å². The smallest absolute Gasteiger partial charge is 0.282 e. The van der Waals surface area contributed by atoms with E-state index >= 15 is 0 Å². The fourth-order valence-corrected chi connectivity index (χ4v) is 3.99. The number of carbonyl (C=O) groups is 2. The van der Waals surface area contributed by atoms with Crippen LogP contribution in [0.1, 0.15) is 22.3 Å². The molecular weight excluding hydrogens is 431 g/mol. The number of imide groups is 1. The summed E-state index contributed by atoms with van der Waals surface area (Å²) in [5.74, 6) is -0.817. The third-order valence-electron chi connectivity index (χ3n) is 5.35. The van der Waals surface area contributed by atoms with E-state index in [0.717, 1.165) is 16.7 Å². The highest BCUT2D eigenvalue weighted by molar-refractivity contribution is 6.46. The molecule has 1 aliphatic rings. The van der Waals surface area contributed by atoms with Gasteiger partial charge in [-0.2, -0.15) is 0 Å². The maximum Gasteiger partial charge on any atom is 0.282 e. The number of nitrogens with one attached hydrogen (secondary N) is 1. The first-order chi connectivity index (χ1) is 14.8. The highest BCUT2D eigenvalue weighted by atomic mass is 35.5. The molecule has 0 radical (unpaired) electrons. The number of aryl methyl sites for hydroxylation is 2. The van der Waals surface area contributed by atoms with Gasteiger partial charge in [-0.1, -0.05) is 53.0 Å². The first-order valence-corrected chi connectivity index (χ1v) is 10.5. The number of hydrogen-bond donors (Lipinski definition) is 1. The van der Waals surface area contributed by atoms with E-state index in [0.29, 0.717) is 32.6 Å².